The Morgan fingerprint density at radius 2 is 2.59 bits per heavy atom. The van der Waals surface area contributed by atoms with Crippen LogP contribution in [0.2, 0.25) is 0 Å². The number of rotatable bonds is 4. The second-order valence-corrected chi connectivity index (χ2v) is 4.71. The Balaban J connectivity index is 2.14. The van der Waals surface area contributed by atoms with Crippen LogP contribution < -0.4 is 27.1 Å². The summed E-state index contributed by atoms with van der Waals surface area (Å²) in [4.78, 5) is 14.4. The fourth-order valence-electron chi connectivity index (χ4n) is 1.51. The molecule has 1 aromatic heterocycles. The maximum Gasteiger partial charge on any atom is 0.498 e. The molecule has 2 atom stereocenters. The van der Waals surface area contributed by atoms with Gasteiger partial charge in [-0.15, -0.1) is 0 Å². The van der Waals surface area contributed by atoms with Crippen molar-refractivity contribution in [1.82, 2.24) is 10.5 Å². The predicted octanol–water partition coefficient (Wildman–Crippen LogP) is -1.97. The highest BCUT2D eigenvalue weighted by Crippen LogP contribution is 2.30. The van der Waals surface area contributed by atoms with Crippen LogP contribution in [0.4, 0.5) is 5.82 Å². The number of hydrogen-bond acceptors (Lipinski definition) is 7. The van der Waals surface area contributed by atoms with Gasteiger partial charge in [-0.05, 0) is 0 Å². The topological polar surface area (TPSA) is 116 Å². The number of aromatic amines is 1. The van der Waals surface area contributed by atoms with E-state index in [4.69, 9.17) is 15.7 Å². The van der Waals surface area contributed by atoms with Crippen molar-refractivity contribution in [3.8, 4) is 0 Å². The summed E-state index contributed by atoms with van der Waals surface area (Å²) in [7, 11) is 0. The molecular weight excluding hydrogens is 246 g/mol. The summed E-state index contributed by atoms with van der Waals surface area (Å²) in [6.45, 7) is 0.335. The molecule has 2 rings (SSSR count). The van der Waals surface area contributed by atoms with Gasteiger partial charge in [-0.25, -0.2) is 0 Å². The Labute approximate surface area is 101 Å². The van der Waals surface area contributed by atoms with E-state index in [9.17, 15) is 4.79 Å². The molecule has 1 aliphatic heterocycles. The first kappa shape index (κ1) is 12.3. The number of anilines is 1. The van der Waals surface area contributed by atoms with E-state index in [2.05, 4.69) is 15.9 Å². The number of aliphatic hydroxyl groups is 1. The number of aromatic nitrogens is 2. The lowest BCUT2D eigenvalue weighted by Crippen LogP contribution is -2.54. The lowest BCUT2D eigenvalue weighted by atomic mass is 10.5. The second kappa shape index (κ2) is 5.47. The highest BCUT2D eigenvalue weighted by Gasteiger charge is 2.31. The first-order valence-electron chi connectivity index (χ1n) is 4.98. The van der Waals surface area contributed by atoms with Crippen molar-refractivity contribution in [2.75, 3.05) is 18.6 Å². The molecule has 0 amide bonds. The molecule has 1 saturated heterocycles. The van der Waals surface area contributed by atoms with E-state index in [0.29, 0.717) is 12.4 Å². The molecule has 6 N–H and O–H groups in total. The van der Waals surface area contributed by atoms with Gasteiger partial charge in [0.1, 0.15) is 11.6 Å². The van der Waals surface area contributed by atoms with Gasteiger partial charge in [0.05, 0.1) is 13.2 Å². The van der Waals surface area contributed by atoms with Crippen LogP contribution in [0.25, 0.3) is 0 Å². The van der Waals surface area contributed by atoms with E-state index in [-0.39, 0.29) is 23.1 Å². The van der Waals surface area contributed by atoms with Gasteiger partial charge < -0.3 is 9.84 Å². The molecule has 2 heterocycles. The molecule has 1 aromatic rings. The van der Waals surface area contributed by atoms with Crippen molar-refractivity contribution in [3.63, 3.8) is 0 Å². The number of thioether (sulfide) groups is 1. The van der Waals surface area contributed by atoms with E-state index in [0.717, 1.165) is 0 Å². The fourth-order valence-corrected chi connectivity index (χ4v) is 2.55. The molecule has 0 bridgehead atoms. The monoisotopic (exact) mass is 260 g/mol. The molecule has 0 saturated carbocycles. The average molecular weight is 260 g/mol. The summed E-state index contributed by atoms with van der Waals surface area (Å²) in [6.07, 6.45) is 1.64. The number of hydrazine groups is 2. The van der Waals surface area contributed by atoms with E-state index < -0.39 is 0 Å². The van der Waals surface area contributed by atoms with E-state index in [1.165, 1.54) is 16.3 Å². The smallest absolute Gasteiger partial charge is 0.393 e. The van der Waals surface area contributed by atoms with E-state index in [1.807, 2.05) is 0 Å². The quantitative estimate of drug-likeness (QED) is 0.242. The Morgan fingerprint density at radius 3 is 3.18 bits per heavy atom. The van der Waals surface area contributed by atoms with Crippen LogP contribution in [0.1, 0.15) is 5.37 Å². The van der Waals surface area contributed by atoms with Crippen molar-refractivity contribution in [3.05, 3.63) is 22.7 Å². The van der Waals surface area contributed by atoms with Crippen molar-refractivity contribution >= 4 is 17.6 Å². The van der Waals surface area contributed by atoms with Crippen LogP contribution in [-0.2, 0) is 4.74 Å². The fraction of sp³-hybridized carbons (Fsp3) is 0.500. The van der Waals surface area contributed by atoms with Crippen LogP contribution in [-0.4, -0.2) is 28.7 Å². The van der Waals surface area contributed by atoms with Gasteiger partial charge in [-0.1, -0.05) is 11.8 Å². The van der Waals surface area contributed by atoms with Crippen LogP contribution >= 0.6 is 11.8 Å². The third-order valence-corrected chi connectivity index (χ3v) is 3.54. The minimum atomic E-state index is -0.273. The highest BCUT2D eigenvalue weighted by molar-refractivity contribution is 7.99. The van der Waals surface area contributed by atoms with Crippen molar-refractivity contribution < 1.29 is 14.4 Å². The van der Waals surface area contributed by atoms with Crippen LogP contribution in [0.5, 0.6) is 0 Å². The SMILES string of the molecule is NNNc1cc[n+]([C@H]2CO[C@@H](CO)S2)c(=O)[nH]1. The number of H-pyrrole nitrogens is 1. The van der Waals surface area contributed by atoms with Gasteiger partial charge in [0, 0.05) is 6.07 Å². The Kier molecular flexibility index (Phi) is 3.97. The zero-order valence-corrected chi connectivity index (χ0v) is 9.74. The lowest BCUT2D eigenvalue weighted by Gasteiger charge is -2.05. The molecule has 17 heavy (non-hydrogen) atoms. The lowest BCUT2D eigenvalue weighted by molar-refractivity contribution is -0.716. The Morgan fingerprint density at radius 1 is 1.76 bits per heavy atom. The standard InChI is InChI=1S/C8H13N5O3S/c9-12-11-5-1-2-13(8(15)10-5)6-4-16-7(3-14)17-6/h1-2,6-7,12,14H,3-4,9H2,(H,10,11,15)/p+1/t6-,7-/m1/s1. The minimum absolute atomic E-state index is 0.0592. The number of nitrogens with two attached hydrogens (primary N) is 1. The average Bonchev–Trinajstić information content (AvgIpc) is 2.78. The van der Waals surface area contributed by atoms with Crippen LogP contribution in [0, 0.1) is 0 Å². The molecule has 0 aliphatic carbocycles. The van der Waals surface area contributed by atoms with Gasteiger partial charge in [-0.3, -0.25) is 11.3 Å². The third-order valence-electron chi connectivity index (χ3n) is 2.28. The molecule has 9 heteroatoms. The zero-order chi connectivity index (χ0) is 12.3. The molecule has 1 aliphatic rings. The summed E-state index contributed by atoms with van der Waals surface area (Å²) in [5.74, 6) is 5.53. The number of nitrogens with zero attached hydrogens (tertiary/aromatic N) is 1. The summed E-state index contributed by atoms with van der Waals surface area (Å²) in [5.41, 5.74) is 4.25. The minimum Gasteiger partial charge on any atom is -0.393 e. The number of aliphatic hydroxyl groups excluding tert-OH is 1. The molecule has 0 radical (unpaired) electrons. The normalized spacial score (nSPS) is 23.9. The van der Waals surface area contributed by atoms with Crippen LogP contribution in [0.3, 0.4) is 0 Å². The number of ether oxygens (including phenoxy) is 1. The summed E-state index contributed by atoms with van der Waals surface area (Å²) >= 11 is 1.41. The zero-order valence-electron chi connectivity index (χ0n) is 8.92. The van der Waals surface area contributed by atoms with E-state index >= 15 is 0 Å². The van der Waals surface area contributed by atoms with Crippen molar-refractivity contribution in [2.45, 2.75) is 10.8 Å². The van der Waals surface area contributed by atoms with Crippen molar-refractivity contribution in [2.24, 2.45) is 5.84 Å². The summed E-state index contributed by atoms with van der Waals surface area (Å²) in [5, 5.41) is 8.81. The molecule has 8 nitrogen and oxygen atoms in total. The largest absolute Gasteiger partial charge is 0.498 e. The van der Waals surface area contributed by atoms with Gasteiger partial charge in [0.2, 0.25) is 5.82 Å². The molecule has 0 aromatic carbocycles. The molecule has 94 valence electrons. The number of hydrogen-bond donors (Lipinski definition) is 5. The Bertz CT molecular complexity index is 439. The molecule has 0 unspecified atom stereocenters. The first-order chi connectivity index (χ1) is 8.24. The van der Waals surface area contributed by atoms with Gasteiger partial charge in [0.15, 0.2) is 5.37 Å². The van der Waals surface area contributed by atoms with Gasteiger partial charge in [0.25, 0.3) is 0 Å². The second-order valence-electron chi connectivity index (χ2n) is 3.37. The van der Waals surface area contributed by atoms with Gasteiger partial charge >= 0.3 is 5.69 Å². The Hall–Kier alpha value is -1.13. The third kappa shape index (κ3) is 2.76. The molecular formula is C8H14N5O3S+. The van der Waals surface area contributed by atoms with Gasteiger partial charge in [-0.2, -0.15) is 19.9 Å². The van der Waals surface area contributed by atoms with Crippen molar-refractivity contribution in [1.29, 1.82) is 0 Å². The maximum atomic E-state index is 11.8. The first-order valence-corrected chi connectivity index (χ1v) is 5.93. The molecule has 1 fully saturated rings. The maximum absolute atomic E-state index is 11.8. The summed E-state index contributed by atoms with van der Waals surface area (Å²) in [6, 6.07) is 1.67. The highest BCUT2D eigenvalue weighted by atomic mass is 32.2. The number of nitrogens with one attached hydrogen (secondary N) is 3. The predicted molar refractivity (Wildman–Crippen MR) is 61.7 cm³/mol. The van der Waals surface area contributed by atoms with E-state index in [1.54, 1.807) is 12.3 Å². The summed E-state index contributed by atoms with van der Waals surface area (Å²) < 4.78 is 6.81. The molecule has 0 spiro atoms. The van der Waals surface area contributed by atoms with Crippen LogP contribution in [0.15, 0.2) is 17.1 Å².